The topological polar surface area (TPSA) is 83.1 Å². The zero-order chi connectivity index (χ0) is 23.5. The van der Waals surface area contributed by atoms with Crippen molar-refractivity contribution in [3.8, 4) is 28.4 Å². The summed E-state index contributed by atoms with van der Waals surface area (Å²) in [6.07, 6.45) is 0. The molecule has 0 bridgehead atoms. The molecular formula is C25H31NO6. The second-order valence-corrected chi connectivity index (χ2v) is 8.86. The highest BCUT2D eigenvalue weighted by molar-refractivity contribution is 6.01. The number of carbonyl (C=O) groups excluding carboxylic acids is 2. The number of hydrogen-bond acceptors (Lipinski definition) is 6. The zero-order valence-corrected chi connectivity index (χ0v) is 19.5. The van der Waals surface area contributed by atoms with E-state index in [9.17, 15) is 9.59 Å². The molecule has 0 saturated carbocycles. The molecule has 0 aromatic heterocycles. The van der Waals surface area contributed by atoms with Crippen LogP contribution in [0.25, 0.3) is 11.1 Å². The van der Waals surface area contributed by atoms with Crippen molar-refractivity contribution in [3.63, 3.8) is 0 Å². The van der Waals surface area contributed by atoms with Crippen LogP contribution in [0.4, 0.5) is 0 Å². The summed E-state index contributed by atoms with van der Waals surface area (Å²) < 4.78 is 22.7. The third-order valence-electron chi connectivity index (χ3n) is 5.31. The lowest BCUT2D eigenvalue weighted by molar-refractivity contribution is -0.156. The van der Waals surface area contributed by atoms with E-state index in [4.69, 9.17) is 18.9 Å². The molecule has 1 heterocycles. The van der Waals surface area contributed by atoms with Crippen molar-refractivity contribution < 1.29 is 28.5 Å². The van der Waals surface area contributed by atoms with Crippen molar-refractivity contribution in [2.75, 3.05) is 27.4 Å². The zero-order valence-electron chi connectivity index (χ0n) is 19.5. The molecule has 1 N–H and O–H groups in total. The molecule has 1 amide bonds. The summed E-state index contributed by atoms with van der Waals surface area (Å²) in [6.45, 7) is 8.41. The van der Waals surface area contributed by atoms with Gasteiger partial charge in [0.1, 0.15) is 6.61 Å². The molecule has 3 rings (SSSR count). The van der Waals surface area contributed by atoms with Crippen LogP contribution in [-0.2, 0) is 16.1 Å². The molecule has 7 heteroatoms. The highest BCUT2D eigenvalue weighted by Gasteiger charge is 2.33. The number of amides is 1. The third kappa shape index (κ3) is 4.66. The summed E-state index contributed by atoms with van der Waals surface area (Å²) in [5, 5.41) is 2.86. The van der Waals surface area contributed by atoms with Crippen molar-refractivity contribution in [1.29, 1.82) is 0 Å². The monoisotopic (exact) mass is 441 g/mol. The predicted molar refractivity (Wildman–Crippen MR) is 121 cm³/mol. The van der Waals surface area contributed by atoms with E-state index in [0.717, 1.165) is 16.7 Å². The largest absolute Gasteiger partial charge is 0.493 e. The molecule has 0 atom stereocenters. The first-order valence-corrected chi connectivity index (χ1v) is 10.6. The van der Waals surface area contributed by atoms with E-state index >= 15 is 0 Å². The van der Waals surface area contributed by atoms with Gasteiger partial charge in [0.2, 0.25) is 5.75 Å². The first kappa shape index (κ1) is 23.4. The van der Waals surface area contributed by atoms with E-state index < -0.39 is 5.41 Å². The Morgan fingerprint density at radius 2 is 1.75 bits per heavy atom. The van der Waals surface area contributed by atoms with Crippen LogP contribution in [0.1, 0.15) is 43.6 Å². The normalized spacial score (nSPS) is 12.9. The van der Waals surface area contributed by atoms with Crippen LogP contribution in [0.3, 0.4) is 0 Å². The van der Waals surface area contributed by atoms with E-state index in [1.54, 1.807) is 33.1 Å². The minimum atomic E-state index is -0.879. The number of rotatable bonds is 9. The van der Waals surface area contributed by atoms with E-state index in [-0.39, 0.29) is 24.4 Å². The molecule has 1 aliphatic rings. The van der Waals surface area contributed by atoms with Gasteiger partial charge < -0.3 is 24.3 Å². The molecule has 32 heavy (non-hydrogen) atoms. The maximum atomic E-state index is 12.6. The fourth-order valence-corrected chi connectivity index (χ4v) is 3.51. The number of fused-ring (bicyclic) bond motifs is 1. The van der Waals surface area contributed by atoms with Gasteiger partial charge in [-0.2, -0.15) is 0 Å². The highest BCUT2D eigenvalue weighted by Crippen LogP contribution is 2.46. The Bertz CT molecular complexity index is 1010. The van der Waals surface area contributed by atoms with E-state index in [1.165, 1.54) is 7.11 Å². The molecule has 0 spiro atoms. The second-order valence-electron chi connectivity index (χ2n) is 8.86. The molecule has 0 aliphatic carbocycles. The molecule has 172 valence electrons. The average Bonchev–Trinajstić information content (AvgIpc) is 3.16. The number of hydrogen-bond donors (Lipinski definition) is 1. The molecule has 0 fully saturated rings. The van der Waals surface area contributed by atoms with Crippen molar-refractivity contribution in [2.24, 2.45) is 11.3 Å². The quantitative estimate of drug-likeness (QED) is 0.587. The summed E-state index contributed by atoms with van der Waals surface area (Å²) in [5.74, 6) is 1.20. The van der Waals surface area contributed by atoms with Gasteiger partial charge in [0.05, 0.1) is 26.2 Å². The summed E-state index contributed by atoms with van der Waals surface area (Å²) in [4.78, 5) is 24.8. The lowest BCUT2D eigenvalue weighted by Crippen LogP contribution is -2.33. The maximum Gasteiger partial charge on any atom is 0.314 e. The van der Waals surface area contributed by atoms with Gasteiger partial charge in [-0.3, -0.25) is 9.59 Å². The standard InChI is InChI=1S/C25H31NO6/c1-15(2)13-31-24(28)25(3,4)14-32-21-17(10-11-20(29-5)22(21)30-6)16-8-7-9-18-19(16)12-26-23(18)27/h7-11,15H,12-14H2,1-6H3,(H,26,27). The molecule has 2 aromatic carbocycles. The van der Waals surface area contributed by atoms with Gasteiger partial charge in [-0.1, -0.05) is 26.0 Å². The number of benzene rings is 2. The van der Waals surface area contributed by atoms with Crippen LogP contribution in [0, 0.1) is 11.3 Å². The molecule has 1 aliphatic heterocycles. The summed E-state index contributed by atoms with van der Waals surface area (Å²) in [7, 11) is 3.09. The van der Waals surface area contributed by atoms with Gasteiger partial charge >= 0.3 is 5.97 Å². The highest BCUT2D eigenvalue weighted by atomic mass is 16.5. The number of esters is 1. The van der Waals surface area contributed by atoms with Crippen molar-refractivity contribution in [1.82, 2.24) is 5.32 Å². The fourth-order valence-electron chi connectivity index (χ4n) is 3.51. The summed E-state index contributed by atoms with van der Waals surface area (Å²) >= 11 is 0. The van der Waals surface area contributed by atoms with Crippen LogP contribution in [0.2, 0.25) is 0 Å². The Hall–Kier alpha value is -3.22. The van der Waals surface area contributed by atoms with Gasteiger partial charge in [-0.25, -0.2) is 0 Å². The number of ether oxygens (including phenoxy) is 4. The van der Waals surface area contributed by atoms with Crippen molar-refractivity contribution >= 4 is 11.9 Å². The molecular weight excluding hydrogens is 410 g/mol. The predicted octanol–water partition coefficient (Wildman–Crippen LogP) is 4.22. The molecule has 0 saturated heterocycles. The minimum absolute atomic E-state index is 0.0761. The van der Waals surface area contributed by atoms with Crippen LogP contribution < -0.4 is 19.5 Å². The Morgan fingerprint density at radius 1 is 1.03 bits per heavy atom. The first-order chi connectivity index (χ1) is 15.2. The molecule has 7 nitrogen and oxygen atoms in total. The smallest absolute Gasteiger partial charge is 0.314 e. The van der Waals surface area contributed by atoms with Gasteiger partial charge in [-0.05, 0) is 49.1 Å². The number of carbonyl (C=O) groups is 2. The van der Waals surface area contributed by atoms with E-state index in [0.29, 0.717) is 36.0 Å². The molecule has 0 unspecified atom stereocenters. The molecule has 2 aromatic rings. The van der Waals surface area contributed by atoms with Gasteiger partial charge in [0.15, 0.2) is 11.5 Å². The SMILES string of the molecule is COc1ccc(-c2cccc3c2CNC3=O)c(OCC(C)(C)C(=O)OCC(C)C)c1OC. The van der Waals surface area contributed by atoms with Gasteiger partial charge in [0, 0.05) is 17.7 Å². The number of methoxy groups -OCH3 is 2. The van der Waals surface area contributed by atoms with E-state index in [1.807, 2.05) is 32.0 Å². The van der Waals surface area contributed by atoms with Crippen LogP contribution >= 0.6 is 0 Å². The Kier molecular flexibility index (Phi) is 6.96. The third-order valence-corrected chi connectivity index (χ3v) is 5.31. The van der Waals surface area contributed by atoms with Crippen LogP contribution in [-0.4, -0.2) is 39.3 Å². The lowest BCUT2D eigenvalue weighted by Gasteiger charge is -2.25. The Morgan fingerprint density at radius 3 is 2.41 bits per heavy atom. The minimum Gasteiger partial charge on any atom is -0.493 e. The fraction of sp³-hybridized carbons (Fsp3) is 0.440. The van der Waals surface area contributed by atoms with Crippen LogP contribution in [0.15, 0.2) is 30.3 Å². The van der Waals surface area contributed by atoms with E-state index in [2.05, 4.69) is 5.32 Å². The van der Waals surface area contributed by atoms with Gasteiger partial charge in [-0.15, -0.1) is 0 Å². The van der Waals surface area contributed by atoms with Crippen molar-refractivity contribution in [2.45, 2.75) is 34.2 Å². The van der Waals surface area contributed by atoms with Crippen LogP contribution in [0.5, 0.6) is 17.2 Å². The summed E-state index contributed by atoms with van der Waals surface area (Å²) in [5.41, 5.74) is 2.27. The van der Waals surface area contributed by atoms with Gasteiger partial charge in [0.25, 0.3) is 5.91 Å². The Labute approximate surface area is 189 Å². The second kappa shape index (κ2) is 9.51. The average molecular weight is 442 g/mol. The lowest BCUT2D eigenvalue weighted by atomic mass is 9.94. The Balaban J connectivity index is 2.00. The van der Waals surface area contributed by atoms with Crippen molar-refractivity contribution in [3.05, 3.63) is 41.5 Å². The molecule has 0 radical (unpaired) electrons. The number of nitrogens with one attached hydrogen (secondary N) is 1. The first-order valence-electron chi connectivity index (χ1n) is 10.6. The maximum absolute atomic E-state index is 12.6. The summed E-state index contributed by atoms with van der Waals surface area (Å²) in [6, 6.07) is 9.25.